The Bertz CT molecular complexity index is 1110. The number of benzene rings is 2. The fraction of sp³-hybridized carbons (Fsp3) is 0. The average molecular weight is 402 g/mol. The van der Waals surface area contributed by atoms with E-state index < -0.39 is 15.1 Å². The molecular formula is C20H13ClFNO3S. The molecule has 0 bridgehead atoms. The number of aromatic nitrogens is 1. The summed E-state index contributed by atoms with van der Waals surface area (Å²) in [6.07, 6.45) is 3.58. The summed E-state index contributed by atoms with van der Waals surface area (Å²) < 4.78 is 38.2. The molecule has 0 radical (unpaired) electrons. The second-order valence-electron chi connectivity index (χ2n) is 5.59. The molecule has 0 fully saturated rings. The molecule has 0 aliphatic carbocycles. The Labute approximate surface area is 160 Å². The van der Waals surface area contributed by atoms with Gasteiger partial charge in [-0.2, -0.15) is 0 Å². The van der Waals surface area contributed by atoms with Gasteiger partial charge in [0.05, 0.1) is 4.90 Å². The zero-order chi connectivity index (χ0) is 19.4. The van der Waals surface area contributed by atoms with E-state index >= 15 is 0 Å². The van der Waals surface area contributed by atoms with E-state index in [1.165, 1.54) is 42.5 Å². The number of rotatable bonds is 5. The largest absolute Gasteiger partial charge is 0.274 e. The van der Waals surface area contributed by atoms with E-state index in [0.717, 1.165) is 11.1 Å². The second-order valence-corrected chi connectivity index (χ2v) is 7.83. The number of carbonyl (C=O) groups is 1. The third kappa shape index (κ3) is 4.48. The summed E-state index contributed by atoms with van der Waals surface area (Å²) in [5.74, 6) is -0.310. The molecule has 27 heavy (non-hydrogen) atoms. The van der Waals surface area contributed by atoms with Gasteiger partial charge in [-0.05, 0) is 59.1 Å². The Morgan fingerprint density at radius 2 is 1.44 bits per heavy atom. The Morgan fingerprint density at radius 3 is 2.00 bits per heavy atom. The van der Waals surface area contributed by atoms with E-state index in [-0.39, 0.29) is 21.4 Å². The van der Waals surface area contributed by atoms with Crippen LogP contribution in [0.3, 0.4) is 0 Å². The zero-order valence-corrected chi connectivity index (χ0v) is 15.4. The van der Waals surface area contributed by atoms with Crippen molar-refractivity contribution in [2.24, 2.45) is 0 Å². The van der Waals surface area contributed by atoms with Crippen molar-refractivity contribution in [2.75, 3.05) is 0 Å². The molecule has 0 spiro atoms. The summed E-state index contributed by atoms with van der Waals surface area (Å²) in [5, 5.41) is -1.07. The third-order valence-electron chi connectivity index (χ3n) is 3.73. The highest BCUT2D eigenvalue weighted by Crippen LogP contribution is 2.21. The quantitative estimate of drug-likeness (QED) is 0.463. The van der Waals surface area contributed by atoms with Gasteiger partial charge in [0.1, 0.15) is 11.5 Å². The smallest absolute Gasteiger partial charge is 0.270 e. The van der Waals surface area contributed by atoms with E-state index in [4.69, 9.17) is 11.6 Å². The summed E-state index contributed by atoms with van der Waals surface area (Å²) in [4.78, 5) is 15.1. The molecule has 7 heteroatoms. The van der Waals surface area contributed by atoms with Crippen LogP contribution in [0.2, 0.25) is 0 Å². The SMILES string of the molecule is O=C(Cl)c1cccc(S(=O)(=O)c2ccc(/C=C/c3ccc(F)cc3)cc2)n1. The average Bonchev–Trinajstić information content (AvgIpc) is 2.68. The summed E-state index contributed by atoms with van der Waals surface area (Å²) >= 11 is 5.36. The molecule has 2 aromatic carbocycles. The number of sulfone groups is 1. The fourth-order valence-corrected chi connectivity index (χ4v) is 3.64. The predicted molar refractivity (Wildman–Crippen MR) is 102 cm³/mol. The first-order chi connectivity index (χ1) is 12.9. The van der Waals surface area contributed by atoms with Gasteiger partial charge in [0.2, 0.25) is 9.84 Å². The minimum atomic E-state index is -3.87. The molecule has 3 aromatic rings. The highest BCUT2D eigenvalue weighted by molar-refractivity contribution is 7.91. The maximum absolute atomic E-state index is 12.9. The number of hydrogen-bond acceptors (Lipinski definition) is 4. The van der Waals surface area contributed by atoms with Crippen LogP contribution in [0.5, 0.6) is 0 Å². The van der Waals surface area contributed by atoms with Crippen molar-refractivity contribution < 1.29 is 17.6 Å². The number of halogens is 2. The minimum absolute atomic E-state index is 0.0492. The van der Waals surface area contributed by atoms with Crippen molar-refractivity contribution in [3.05, 3.63) is 89.4 Å². The van der Waals surface area contributed by atoms with Crippen LogP contribution in [0.1, 0.15) is 21.6 Å². The number of hydrogen-bond donors (Lipinski definition) is 0. The molecule has 0 saturated heterocycles. The third-order valence-corrected chi connectivity index (χ3v) is 5.59. The van der Waals surface area contributed by atoms with Gasteiger partial charge in [0.25, 0.3) is 5.24 Å². The normalized spacial score (nSPS) is 11.6. The van der Waals surface area contributed by atoms with E-state index in [1.807, 2.05) is 0 Å². The van der Waals surface area contributed by atoms with Crippen LogP contribution in [0.15, 0.2) is 76.7 Å². The standard InChI is InChI=1S/C20H13ClFNO3S/c21-20(24)18-2-1-3-19(23-18)27(25,26)17-12-8-15(9-13-17)5-4-14-6-10-16(22)11-7-14/h1-13H/b5-4+. The molecular weight excluding hydrogens is 389 g/mol. The molecule has 0 unspecified atom stereocenters. The van der Waals surface area contributed by atoms with E-state index in [1.54, 1.807) is 36.4 Å². The van der Waals surface area contributed by atoms with Crippen LogP contribution in [0.4, 0.5) is 4.39 Å². The second kappa shape index (κ2) is 7.82. The molecule has 4 nitrogen and oxygen atoms in total. The van der Waals surface area contributed by atoms with Crippen molar-refractivity contribution >= 4 is 38.8 Å². The molecule has 136 valence electrons. The van der Waals surface area contributed by atoms with Gasteiger partial charge in [-0.1, -0.05) is 42.5 Å². The van der Waals surface area contributed by atoms with Crippen molar-refractivity contribution in [2.45, 2.75) is 9.92 Å². The number of nitrogens with zero attached hydrogens (tertiary/aromatic N) is 1. The first-order valence-corrected chi connectivity index (χ1v) is 9.68. The van der Waals surface area contributed by atoms with Crippen LogP contribution < -0.4 is 0 Å². The Hall–Kier alpha value is -2.83. The van der Waals surface area contributed by atoms with Crippen LogP contribution in [0.25, 0.3) is 12.2 Å². The maximum atomic E-state index is 12.9. The fourth-order valence-electron chi connectivity index (χ4n) is 2.32. The molecule has 0 N–H and O–H groups in total. The van der Waals surface area contributed by atoms with Gasteiger partial charge in [-0.15, -0.1) is 0 Å². The van der Waals surface area contributed by atoms with Gasteiger partial charge >= 0.3 is 0 Å². The summed E-state index contributed by atoms with van der Waals surface area (Å²) in [6.45, 7) is 0. The number of carbonyl (C=O) groups excluding carboxylic acids is 1. The molecule has 0 atom stereocenters. The molecule has 1 aromatic heterocycles. The first kappa shape index (κ1) is 18.9. The lowest BCUT2D eigenvalue weighted by Gasteiger charge is -2.05. The maximum Gasteiger partial charge on any atom is 0.270 e. The van der Waals surface area contributed by atoms with Crippen LogP contribution in [-0.2, 0) is 9.84 Å². The molecule has 0 aliphatic heterocycles. The van der Waals surface area contributed by atoms with Gasteiger partial charge in [-0.3, -0.25) is 4.79 Å². The van der Waals surface area contributed by atoms with Crippen LogP contribution in [0, 0.1) is 5.82 Å². The van der Waals surface area contributed by atoms with Crippen LogP contribution >= 0.6 is 11.6 Å². The predicted octanol–water partition coefficient (Wildman–Crippen LogP) is 4.60. The van der Waals surface area contributed by atoms with E-state index in [2.05, 4.69) is 4.98 Å². The van der Waals surface area contributed by atoms with Crippen molar-refractivity contribution in [3.63, 3.8) is 0 Å². The Kier molecular flexibility index (Phi) is 5.48. The van der Waals surface area contributed by atoms with Crippen LogP contribution in [-0.4, -0.2) is 18.6 Å². The van der Waals surface area contributed by atoms with Crippen molar-refractivity contribution in [3.8, 4) is 0 Å². The highest BCUT2D eigenvalue weighted by Gasteiger charge is 2.20. The van der Waals surface area contributed by atoms with Crippen molar-refractivity contribution in [1.29, 1.82) is 0 Å². The monoisotopic (exact) mass is 401 g/mol. The molecule has 3 rings (SSSR count). The highest BCUT2D eigenvalue weighted by atomic mass is 35.5. The molecule has 0 saturated carbocycles. The lowest BCUT2D eigenvalue weighted by molar-refractivity contribution is 0.107. The lowest BCUT2D eigenvalue weighted by atomic mass is 10.1. The Balaban J connectivity index is 1.85. The van der Waals surface area contributed by atoms with E-state index in [0.29, 0.717) is 0 Å². The first-order valence-electron chi connectivity index (χ1n) is 7.82. The summed E-state index contributed by atoms with van der Waals surface area (Å²) in [7, 11) is -3.87. The van der Waals surface area contributed by atoms with Gasteiger partial charge in [-0.25, -0.2) is 17.8 Å². The van der Waals surface area contributed by atoms with E-state index in [9.17, 15) is 17.6 Å². The van der Waals surface area contributed by atoms with Gasteiger partial charge in [0.15, 0.2) is 5.03 Å². The Morgan fingerprint density at radius 1 is 0.889 bits per heavy atom. The topological polar surface area (TPSA) is 64.1 Å². The summed E-state index contributed by atoms with van der Waals surface area (Å²) in [6, 6.07) is 16.3. The lowest BCUT2D eigenvalue weighted by Crippen LogP contribution is -2.07. The zero-order valence-electron chi connectivity index (χ0n) is 13.8. The minimum Gasteiger partial charge on any atom is -0.274 e. The number of pyridine rings is 1. The molecule has 0 amide bonds. The molecule has 1 heterocycles. The van der Waals surface area contributed by atoms with Crippen molar-refractivity contribution in [1.82, 2.24) is 4.98 Å². The summed E-state index contributed by atoms with van der Waals surface area (Å²) in [5.41, 5.74) is 1.47. The van der Waals surface area contributed by atoms with Gasteiger partial charge in [0, 0.05) is 0 Å². The van der Waals surface area contributed by atoms with Gasteiger partial charge < -0.3 is 0 Å². The molecule has 0 aliphatic rings.